The van der Waals surface area contributed by atoms with Gasteiger partial charge < -0.3 is 4.74 Å². The quantitative estimate of drug-likeness (QED) is 0.526. The summed E-state index contributed by atoms with van der Waals surface area (Å²) in [4.78, 5) is 0. The van der Waals surface area contributed by atoms with Gasteiger partial charge in [-0.05, 0) is 24.2 Å². The average Bonchev–Trinajstić information content (AvgIpc) is 2.29. The number of rotatable bonds is 1. The number of ether oxygens (including phenoxy) is 1. The molecule has 2 unspecified atom stereocenters. The maximum absolute atomic E-state index is 6.19. The van der Waals surface area contributed by atoms with E-state index in [9.17, 15) is 0 Å². The number of alkyl halides is 1. The number of hydrogen-bond acceptors (Lipinski definition) is 1. The van der Waals surface area contributed by atoms with E-state index in [1.165, 1.54) is 6.42 Å². The summed E-state index contributed by atoms with van der Waals surface area (Å²) in [6.07, 6.45) is 1.87. The molecule has 0 spiro atoms. The summed E-state index contributed by atoms with van der Waals surface area (Å²) in [5.41, 5.74) is 0. The maximum Gasteiger partial charge on any atom is 0.0647 e. The van der Waals surface area contributed by atoms with Crippen molar-refractivity contribution in [3.63, 3.8) is 0 Å². The van der Waals surface area contributed by atoms with Crippen LogP contribution in [0.25, 0.3) is 0 Å². The molecule has 0 aromatic carbocycles. The molecular formula is C8H11ClO. The predicted molar refractivity (Wildman–Crippen MR) is 39.0 cm³/mol. The summed E-state index contributed by atoms with van der Waals surface area (Å²) < 4.78 is 5.40. The van der Waals surface area contributed by atoms with Crippen molar-refractivity contribution in [1.29, 1.82) is 0 Å². The summed E-state index contributed by atoms with van der Waals surface area (Å²) in [5.74, 6) is 3.36. The van der Waals surface area contributed by atoms with Crippen molar-refractivity contribution in [2.45, 2.75) is 17.9 Å². The van der Waals surface area contributed by atoms with Crippen LogP contribution < -0.4 is 0 Å². The van der Waals surface area contributed by atoms with E-state index in [0.29, 0.717) is 17.4 Å². The summed E-state index contributed by atoms with van der Waals surface area (Å²) in [7, 11) is 1.82. The first-order valence-electron chi connectivity index (χ1n) is 4.01. The fraction of sp³-hybridized carbons (Fsp3) is 1.00. The van der Waals surface area contributed by atoms with E-state index < -0.39 is 0 Å². The number of halogens is 1. The van der Waals surface area contributed by atoms with Crippen LogP contribution in [0.15, 0.2) is 0 Å². The molecule has 0 saturated heterocycles. The zero-order valence-corrected chi connectivity index (χ0v) is 6.71. The summed E-state index contributed by atoms with van der Waals surface area (Å²) >= 11 is 6.19. The van der Waals surface area contributed by atoms with E-state index in [0.717, 1.165) is 17.8 Å². The van der Waals surface area contributed by atoms with Crippen molar-refractivity contribution < 1.29 is 4.74 Å². The normalized spacial score (nSPS) is 69.0. The zero-order valence-electron chi connectivity index (χ0n) is 5.96. The highest BCUT2D eigenvalue weighted by atomic mass is 35.5. The first-order chi connectivity index (χ1) is 4.84. The first kappa shape index (κ1) is 5.84. The van der Waals surface area contributed by atoms with Gasteiger partial charge in [0.1, 0.15) is 0 Å². The van der Waals surface area contributed by atoms with E-state index >= 15 is 0 Å². The van der Waals surface area contributed by atoms with Crippen LogP contribution in [0.3, 0.4) is 0 Å². The van der Waals surface area contributed by atoms with Gasteiger partial charge in [-0.2, -0.15) is 0 Å². The van der Waals surface area contributed by atoms with E-state index in [4.69, 9.17) is 16.3 Å². The Balaban J connectivity index is 1.95. The van der Waals surface area contributed by atoms with Gasteiger partial charge in [-0.1, -0.05) is 0 Å². The molecule has 4 fully saturated rings. The molecule has 2 heteroatoms. The van der Waals surface area contributed by atoms with Crippen LogP contribution >= 0.6 is 11.6 Å². The minimum Gasteiger partial charge on any atom is -0.381 e. The topological polar surface area (TPSA) is 9.23 Å². The molecule has 4 saturated carbocycles. The Morgan fingerprint density at radius 3 is 2.30 bits per heavy atom. The molecule has 0 aromatic heterocycles. The Kier molecular flexibility index (Phi) is 0.897. The smallest absolute Gasteiger partial charge is 0.0647 e. The highest BCUT2D eigenvalue weighted by molar-refractivity contribution is 6.21. The van der Waals surface area contributed by atoms with Gasteiger partial charge in [0.05, 0.1) is 6.10 Å². The Morgan fingerprint density at radius 1 is 1.30 bits per heavy atom. The van der Waals surface area contributed by atoms with Gasteiger partial charge in [-0.15, -0.1) is 11.6 Å². The van der Waals surface area contributed by atoms with E-state index in [-0.39, 0.29) is 0 Å². The molecule has 0 aliphatic heterocycles. The highest BCUT2D eigenvalue weighted by Gasteiger charge is 2.73. The molecule has 0 N–H and O–H groups in total. The lowest BCUT2D eigenvalue weighted by Gasteiger charge is -2.13. The second-order valence-corrected chi connectivity index (χ2v) is 4.37. The van der Waals surface area contributed by atoms with Crippen LogP contribution in [-0.4, -0.2) is 18.6 Å². The molecule has 10 heavy (non-hydrogen) atoms. The average molecular weight is 159 g/mol. The maximum atomic E-state index is 6.19. The Bertz CT molecular complexity index is 182. The second-order valence-electron chi connectivity index (χ2n) is 3.86. The SMILES string of the molecule is CO[C@H]1C2C3[C@@H]2C[C@@H]1[C@@H]3Cl. The number of methoxy groups -OCH3 is 1. The minimum absolute atomic E-state index is 0.458. The van der Waals surface area contributed by atoms with Gasteiger partial charge in [0.2, 0.25) is 0 Å². The van der Waals surface area contributed by atoms with E-state index in [1.54, 1.807) is 0 Å². The first-order valence-corrected chi connectivity index (χ1v) is 4.45. The molecule has 0 heterocycles. The van der Waals surface area contributed by atoms with Crippen LogP contribution in [0, 0.1) is 23.7 Å². The standard InChI is InChI=1S/C8H11ClO/c1-10-8-4-2-3-5(6(3)8)7(4)9/h3-8H,2H2,1H3/t3-,4+,5?,6?,7-,8+/m0/s1. The third-order valence-corrected chi connectivity index (χ3v) is 4.30. The van der Waals surface area contributed by atoms with Gasteiger partial charge in [0.15, 0.2) is 0 Å². The predicted octanol–water partition coefficient (Wildman–Crippen LogP) is 1.50. The van der Waals surface area contributed by atoms with Gasteiger partial charge in [0, 0.05) is 18.4 Å². The van der Waals surface area contributed by atoms with Crippen molar-refractivity contribution in [1.82, 2.24) is 0 Å². The van der Waals surface area contributed by atoms with E-state index in [1.807, 2.05) is 7.11 Å². The van der Waals surface area contributed by atoms with E-state index in [2.05, 4.69) is 0 Å². The Labute approximate surface area is 65.7 Å². The Hall–Kier alpha value is 0.250. The molecule has 4 bridgehead atoms. The third-order valence-electron chi connectivity index (χ3n) is 3.69. The highest BCUT2D eigenvalue weighted by Crippen LogP contribution is 2.72. The molecule has 1 nitrogen and oxygen atoms in total. The van der Waals surface area contributed by atoms with Crippen molar-refractivity contribution in [2.24, 2.45) is 23.7 Å². The molecule has 0 aromatic rings. The summed E-state index contributed by atoms with van der Waals surface area (Å²) in [6.45, 7) is 0. The lowest BCUT2D eigenvalue weighted by Crippen LogP contribution is -2.18. The number of hydrogen-bond donors (Lipinski definition) is 0. The molecular weight excluding hydrogens is 148 g/mol. The van der Waals surface area contributed by atoms with Gasteiger partial charge >= 0.3 is 0 Å². The second kappa shape index (κ2) is 1.54. The van der Waals surface area contributed by atoms with Crippen LogP contribution in [0.4, 0.5) is 0 Å². The van der Waals surface area contributed by atoms with Crippen LogP contribution in [0.2, 0.25) is 0 Å². The van der Waals surface area contributed by atoms with Crippen LogP contribution in [-0.2, 0) is 4.74 Å². The van der Waals surface area contributed by atoms with Gasteiger partial charge in [-0.3, -0.25) is 0 Å². The molecule has 56 valence electrons. The molecule has 4 aliphatic rings. The van der Waals surface area contributed by atoms with Crippen molar-refractivity contribution in [2.75, 3.05) is 7.11 Å². The van der Waals surface area contributed by atoms with Crippen LogP contribution in [0.5, 0.6) is 0 Å². The lowest BCUT2D eigenvalue weighted by atomic mass is 10.1. The third kappa shape index (κ3) is 0.417. The molecule has 6 atom stereocenters. The molecule has 0 amide bonds. The lowest BCUT2D eigenvalue weighted by molar-refractivity contribution is 0.0727. The minimum atomic E-state index is 0.458. The van der Waals surface area contributed by atoms with Gasteiger partial charge in [-0.25, -0.2) is 0 Å². The Morgan fingerprint density at radius 2 is 2.10 bits per heavy atom. The van der Waals surface area contributed by atoms with Crippen LogP contribution in [0.1, 0.15) is 6.42 Å². The van der Waals surface area contributed by atoms with Crippen molar-refractivity contribution in [3.8, 4) is 0 Å². The summed E-state index contributed by atoms with van der Waals surface area (Å²) in [6, 6.07) is 0. The van der Waals surface area contributed by atoms with Crippen molar-refractivity contribution in [3.05, 3.63) is 0 Å². The summed E-state index contributed by atoms with van der Waals surface area (Å²) in [5, 5.41) is 0.458. The molecule has 4 aliphatic carbocycles. The van der Waals surface area contributed by atoms with Crippen molar-refractivity contribution >= 4 is 11.6 Å². The fourth-order valence-corrected chi connectivity index (χ4v) is 3.92. The largest absolute Gasteiger partial charge is 0.381 e. The fourth-order valence-electron chi connectivity index (χ4n) is 3.32. The van der Waals surface area contributed by atoms with Gasteiger partial charge in [0.25, 0.3) is 0 Å². The monoisotopic (exact) mass is 158 g/mol. The molecule has 0 radical (unpaired) electrons. The molecule has 4 rings (SSSR count). The zero-order chi connectivity index (χ0) is 6.88.